The van der Waals surface area contributed by atoms with Crippen LogP contribution in [0.5, 0.6) is 0 Å². The van der Waals surface area contributed by atoms with Gasteiger partial charge in [-0.25, -0.2) is 4.98 Å². The molecule has 0 aromatic carbocycles. The van der Waals surface area contributed by atoms with Crippen molar-refractivity contribution in [2.24, 2.45) is 5.92 Å². The third-order valence-electron chi connectivity index (χ3n) is 4.01. The summed E-state index contributed by atoms with van der Waals surface area (Å²) in [6, 6.07) is 0.370. The lowest BCUT2D eigenvalue weighted by Gasteiger charge is -2.34. The highest BCUT2D eigenvalue weighted by atomic mass is 32.1. The summed E-state index contributed by atoms with van der Waals surface area (Å²) in [6.45, 7) is 2.01. The molecule has 2 heterocycles. The van der Waals surface area contributed by atoms with Crippen molar-refractivity contribution in [1.82, 2.24) is 10.3 Å². The van der Waals surface area contributed by atoms with Crippen molar-refractivity contribution in [3.63, 3.8) is 0 Å². The molecule has 4 nitrogen and oxygen atoms in total. The summed E-state index contributed by atoms with van der Waals surface area (Å²) in [5.74, 6) is 0.593. The third-order valence-corrected chi connectivity index (χ3v) is 4.84. The van der Waals surface area contributed by atoms with E-state index in [4.69, 9.17) is 0 Å². The minimum Gasteiger partial charge on any atom is -0.353 e. The maximum atomic E-state index is 11.9. The standard InChI is InChI=1S/C13H19N3OS/c17-12(10-2-1-3-10)15-11-4-7-16(8-5-11)13-14-6-9-18-13/h6,9-11H,1-5,7-8H2,(H,15,17). The van der Waals surface area contributed by atoms with E-state index in [9.17, 15) is 4.79 Å². The van der Waals surface area contributed by atoms with Crippen LogP contribution in [0, 0.1) is 5.92 Å². The van der Waals surface area contributed by atoms with Crippen molar-refractivity contribution in [3.8, 4) is 0 Å². The predicted molar refractivity (Wildman–Crippen MR) is 72.8 cm³/mol. The number of anilines is 1. The zero-order valence-electron chi connectivity index (χ0n) is 10.5. The fourth-order valence-electron chi connectivity index (χ4n) is 2.58. The van der Waals surface area contributed by atoms with Gasteiger partial charge in [-0.15, -0.1) is 11.3 Å². The van der Waals surface area contributed by atoms with E-state index >= 15 is 0 Å². The summed E-state index contributed by atoms with van der Waals surface area (Å²) >= 11 is 1.69. The zero-order valence-corrected chi connectivity index (χ0v) is 11.3. The fraction of sp³-hybridized carbons (Fsp3) is 0.692. The summed E-state index contributed by atoms with van der Waals surface area (Å²) in [6.07, 6.45) is 7.33. The second kappa shape index (κ2) is 5.26. The first kappa shape index (κ1) is 12.0. The van der Waals surface area contributed by atoms with Gasteiger partial charge in [-0.3, -0.25) is 4.79 Å². The largest absolute Gasteiger partial charge is 0.353 e. The molecular weight excluding hydrogens is 246 g/mol. The third kappa shape index (κ3) is 2.51. The van der Waals surface area contributed by atoms with Gasteiger partial charge < -0.3 is 10.2 Å². The summed E-state index contributed by atoms with van der Waals surface area (Å²) in [7, 11) is 0. The Hall–Kier alpha value is -1.10. The molecule has 0 radical (unpaired) electrons. The van der Waals surface area contributed by atoms with Gasteiger partial charge in [-0.1, -0.05) is 6.42 Å². The lowest BCUT2D eigenvalue weighted by molar-refractivity contribution is -0.128. The van der Waals surface area contributed by atoms with Gasteiger partial charge in [0.05, 0.1) is 0 Å². The van der Waals surface area contributed by atoms with Crippen LogP contribution < -0.4 is 10.2 Å². The first-order chi connectivity index (χ1) is 8.83. The maximum Gasteiger partial charge on any atom is 0.223 e. The number of hydrogen-bond donors (Lipinski definition) is 1. The van der Waals surface area contributed by atoms with Crippen LogP contribution in [0.25, 0.3) is 0 Å². The molecule has 98 valence electrons. The molecule has 1 aromatic rings. The molecule has 2 aliphatic rings. The highest BCUT2D eigenvalue weighted by Gasteiger charge is 2.28. The number of aromatic nitrogens is 1. The van der Waals surface area contributed by atoms with Gasteiger partial charge in [0.25, 0.3) is 0 Å². The molecule has 1 amide bonds. The Balaban J connectivity index is 1.46. The molecule has 1 aromatic heterocycles. The number of hydrogen-bond acceptors (Lipinski definition) is 4. The first-order valence-electron chi connectivity index (χ1n) is 6.78. The monoisotopic (exact) mass is 265 g/mol. The van der Waals surface area contributed by atoms with E-state index in [1.54, 1.807) is 11.3 Å². The van der Waals surface area contributed by atoms with Gasteiger partial charge in [-0.2, -0.15) is 0 Å². The highest BCUT2D eigenvalue weighted by molar-refractivity contribution is 7.13. The highest BCUT2D eigenvalue weighted by Crippen LogP contribution is 2.27. The SMILES string of the molecule is O=C(NC1CCN(c2nccs2)CC1)C1CCC1. The van der Waals surface area contributed by atoms with Crippen LogP contribution in [0.2, 0.25) is 0 Å². The van der Waals surface area contributed by atoms with Gasteiger partial charge in [0.15, 0.2) is 5.13 Å². The minimum absolute atomic E-state index is 0.286. The van der Waals surface area contributed by atoms with Gasteiger partial charge >= 0.3 is 0 Å². The summed E-state index contributed by atoms with van der Waals surface area (Å²) < 4.78 is 0. The average Bonchev–Trinajstić information content (AvgIpc) is 2.81. The molecule has 1 aliphatic carbocycles. The number of rotatable bonds is 3. The first-order valence-corrected chi connectivity index (χ1v) is 7.66. The molecule has 1 saturated heterocycles. The molecule has 0 bridgehead atoms. The smallest absolute Gasteiger partial charge is 0.223 e. The van der Waals surface area contributed by atoms with E-state index in [2.05, 4.69) is 15.2 Å². The summed E-state index contributed by atoms with van der Waals surface area (Å²) in [5, 5.41) is 6.33. The quantitative estimate of drug-likeness (QED) is 0.909. The zero-order chi connectivity index (χ0) is 12.4. The second-order valence-electron chi connectivity index (χ2n) is 5.21. The van der Waals surface area contributed by atoms with Gasteiger partial charge in [-0.05, 0) is 25.7 Å². The van der Waals surface area contributed by atoms with Crippen molar-refractivity contribution in [1.29, 1.82) is 0 Å². The lowest BCUT2D eigenvalue weighted by Crippen LogP contribution is -2.47. The Bertz CT molecular complexity index is 394. The molecule has 5 heteroatoms. The Labute approximate surface area is 111 Å². The topological polar surface area (TPSA) is 45.2 Å². The molecule has 1 N–H and O–H groups in total. The number of thiazole rings is 1. The van der Waals surface area contributed by atoms with Crippen molar-refractivity contribution in [2.75, 3.05) is 18.0 Å². The Kier molecular flexibility index (Phi) is 3.50. The van der Waals surface area contributed by atoms with Crippen LogP contribution in [-0.2, 0) is 4.79 Å². The maximum absolute atomic E-state index is 11.9. The minimum atomic E-state index is 0.286. The van der Waals surface area contributed by atoms with Crippen molar-refractivity contribution < 1.29 is 4.79 Å². The van der Waals surface area contributed by atoms with E-state index in [1.165, 1.54) is 6.42 Å². The van der Waals surface area contributed by atoms with Crippen molar-refractivity contribution >= 4 is 22.4 Å². The van der Waals surface area contributed by atoms with Crippen LogP contribution in [0.3, 0.4) is 0 Å². The molecule has 0 unspecified atom stereocenters. The van der Waals surface area contributed by atoms with Gasteiger partial charge in [0.2, 0.25) is 5.91 Å². The van der Waals surface area contributed by atoms with Crippen molar-refractivity contribution in [3.05, 3.63) is 11.6 Å². The summed E-state index contributed by atoms with van der Waals surface area (Å²) in [4.78, 5) is 18.5. The lowest BCUT2D eigenvalue weighted by atomic mass is 9.84. The molecule has 1 aliphatic heterocycles. The van der Waals surface area contributed by atoms with E-state index in [0.29, 0.717) is 12.0 Å². The molecule has 0 atom stereocenters. The molecule has 2 fully saturated rings. The van der Waals surface area contributed by atoms with Crippen LogP contribution in [-0.4, -0.2) is 30.0 Å². The normalized spacial score (nSPS) is 21.7. The average molecular weight is 265 g/mol. The van der Waals surface area contributed by atoms with E-state index in [-0.39, 0.29) is 5.91 Å². The van der Waals surface area contributed by atoms with E-state index in [1.807, 2.05) is 11.6 Å². The Morgan fingerprint density at radius 1 is 1.33 bits per heavy atom. The summed E-state index contributed by atoms with van der Waals surface area (Å²) in [5.41, 5.74) is 0. The van der Waals surface area contributed by atoms with Crippen LogP contribution in [0.1, 0.15) is 32.1 Å². The Morgan fingerprint density at radius 2 is 2.11 bits per heavy atom. The van der Waals surface area contributed by atoms with Crippen LogP contribution in [0.4, 0.5) is 5.13 Å². The van der Waals surface area contributed by atoms with Gasteiger partial charge in [0.1, 0.15) is 0 Å². The Morgan fingerprint density at radius 3 is 2.67 bits per heavy atom. The van der Waals surface area contributed by atoms with E-state index < -0.39 is 0 Å². The van der Waals surface area contributed by atoms with Crippen molar-refractivity contribution in [2.45, 2.75) is 38.1 Å². The number of nitrogens with one attached hydrogen (secondary N) is 1. The number of carbonyl (C=O) groups excluding carboxylic acids is 1. The molecule has 0 spiro atoms. The van der Waals surface area contributed by atoms with Gasteiger partial charge in [0, 0.05) is 36.6 Å². The number of nitrogens with zero attached hydrogens (tertiary/aromatic N) is 2. The number of piperidine rings is 1. The molecule has 1 saturated carbocycles. The second-order valence-corrected chi connectivity index (χ2v) is 6.09. The number of carbonyl (C=O) groups is 1. The molecular formula is C13H19N3OS. The molecule has 18 heavy (non-hydrogen) atoms. The number of amides is 1. The molecule has 3 rings (SSSR count). The van der Waals surface area contributed by atoms with E-state index in [0.717, 1.165) is 43.9 Å². The van der Waals surface area contributed by atoms with Crippen LogP contribution in [0.15, 0.2) is 11.6 Å². The fourth-order valence-corrected chi connectivity index (χ4v) is 3.27. The predicted octanol–water partition coefficient (Wildman–Crippen LogP) is 2.03. The van der Waals surface area contributed by atoms with Crippen LogP contribution >= 0.6 is 11.3 Å².